The van der Waals surface area contributed by atoms with E-state index in [0.29, 0.717) is 6.54 Å². The van der Waals surface area contributed by atoms with Gasteiger partial charge in [0.2, 0.25) is 15.9 Å². The van der Waals surface area contributed by atoms with Crippen molar-refractivity contribution in [2.75, 3.05) is 19.3 Å². The van der Waals surface area contributed by atoms with Crippen molar-refractivity contribution in [3.63, 3.8) is 0 Å². The Morgan fingerprint density at radius 3 is 2.65 bits per heavy atom. The van der Waals surface area contributed by atoms with Gasteiger partial charge in [-0.25, -0.2) is 13.1 Å². The lowest BCUT2D eigenvalue weighted by molar-refractivity contribution is -0.118. The predicted molar refractivity (Wildman–Crippen MR) is 80.3 cm³/mol. The lowest BCUT2D eigenvalue weighted by atomic mass is 9.84. The third-order valence-corrected chi connectivity index (χ3v) is 6.24. The fourth-order valence-electron chi connectivity index (χ4n) is 2.71. The monoisotopic (exact) mass is 316 g/mol. The van der Waals surface area contributed by atoms with Crippen LogP contribution in [0.15, 0.2) is 17.5 Å². The molecule has 2 rings (SSSR count). The van der Waals surface area contributed by atoms with Crippen molar-refractivity contribution in [1.82, 2.24) is 10.0 Å². The van der Waals surface area contributed by atoms with E-state index in [0.717, 1.165) is 25.7 Å². The van der Waals surface area contributed by atoms with E-state index >= 15 is 0 Å². The zero-order chi connectivity index (χ0) is 14.6. The maximum absolute atomic E-state index is 11.8. The molecule has 1 aromatic heterocycles. The Morgan fingerprint density at radius 2 is 2.10 bits per heavy atom. The van der Waals surface area contributed by atoms with E-state index in [1.807, 2.05) is 11.4 Å². The highest BCUT2D eigenvalue weighted by atomic mass is 32.2. The number of thiophene rings is 1. The maximum atomic E-state index is 11.8. The molecule has 0 saturated heterocycles. The van der Waals surface area contributed by atoms with Gasteiger partial charge in [0.25, 0.3) is 0 Å². The Bertz CT molecular complexity index is 546. The zero-order valence-corrected chi connectivity index (χ0v) is 13.1. The van der Waals surface area contributed by atoms with Crippen molar-refractivity contribution in [3.8, 4) is 0 Å². The molecule has 0 bridgehead atoms. The molecule has 0 unspecified atom stereocenters. The highest BCUT2D eigenvalue weighted by Crippen LogP contribution is 2.42. The van der Waals surface area contributed by atoms with Gasteiger partial charge in [-0.3, -0.25) is 4.79 Å². The number of hydrogen-bond acceptors (Lipinski definition) is 4. The molecule has 1 amide bonds. The largest absolute Gasteiger partial charge is 0.354 e. The van der Waals surface area contributed by atoms with Gasteiger partial charge in [0.15, 0.2) is 0 Å². The minimum Gasteiger partial charge on any atom is -0.354 e. The van der Waals surface area contributed by atoms with Crippen LogP contribution in [0.5, 0.6) is 0 Å². The van der Waals surface area contributed by atoms with E-state index in [1.165, 1.54) is 11.9 Å². The Labute approximate surface area is 123 Å². The predicted octanol–water partition coefficient (Wildman–Crippen LogP) is 1.23. The van der Waals surface area contributed by atoms with Gasteiger partial charge in [-0.05, 0) is 31.3 Å². The van der Waals surface area contributed by atoms with E-state index in [4.69, 9.17) is 0 Å². The van der Waals surface area contributed by atoms with Crippen LogP contribution in [0.1, 0.15) is 30.6 Å². The molecule has 1 aromatic rings. The van der Waals surface area contributed by atoms with Gasteiger partial charge in [-0.15, -0.1) is 11.3 Å². The lowest BCUT2D eigenvalue weighted by Gasteiger charge is -2.28. The third kappa shape index (κ3) is 3.59. The van der Waals surface area contributed by atoms with Crippen molar-refractivity contribution in [2.24, 2.45) is 0 Å². The summed E-state index contributed by atoms with van der Waals surface area (Å²) in [6.07, 6.45) is 4.41. The molecule has 1 saturated carbocycles. The highest BCUT2D eigenvalue weighted by Gasteiger charge is 2.36. The van der Waals surface area contributed by atoms with Crippen molar-refractivity contribution >= 4 is 27.3 Å². The van der Waals surface area contributed by atoms with Crippen LogP contribution < -0.4 is 10.0 Å². The molecule has 7 heteroatoms. The molecule has 5 nitrogen and oxygen atoms in total. The molecule has 1 aliphatic carbocycles. The Balaban J connectivity index is 1.99. The number of nitrogens with one attached hydrogen (secondary N) is 2. The van der Waals surface area contributed by atoms with Gasteiger partial charge in [0, 0.05) is 16.8 Å². The average Bonchev–Trinajstić information content (AvgIpc) is 3.07. The van der Waals surface area contributed by atoms with Crippen LogP contribution in [0.4, 0.5) is 0 Å². The van der Waals surface area contributed by atoms with Crippen molar-refractivity contribution in [3.05, 3.63) is 22.4 Å². The molecule has 1 fully saturated rings. The molecule has 0 atom stereocenters. The maximum Gasteiger partial charge on any atom is 0.236 e. The van der Waals surface area contributed by atoms with Crippen LogP contribution in [-0.4, -0.2) is 33.7 Å². The molecule has 0 aliphatic heterocycles. The Hall–Kier alpha value is -0.920. The number of amides is 1. The van der Waals surface area contributed by atoms with E-state index in [9.17, 15) is 13.2 Å². The van der Waals surface area contributed by atoms with Crippen molar-refractivity contribution < 1.29 is 13.2 Å². The first kappa shape index (κ1) is 15.5. The summed E-state index contributed by atoms with van der Waals surface area (Å²) in [5, 5.41) is 4.84. The summed E-state index contributed by atoms with van der Waals surface area (Å²) in [6.45, 7) is 0.519. The molecule has 20 heavy (non-hydrogen) atoms. The Morgan fingerprint density at radius 1 is 1.40 bits per heavy atom. The van der Waals surface area contributed by atoms with E-state index in [1.54, 1.807) is 11.3 Å². The first-order valence-electron chi connectivity index (χ1n) is 6.69. The summed E-state index contributed by atoms with van der Waals surface area (Å²) < 4.78 is 24.8. The molecule has 1 heterocycles. The van der Waals surface area contributed by atoms with Crippen LogP contribution in [0.2, 0.25) is 0 Å². The summed E-state index contributed by atoms with van der Waals surface area (Å²) in [4.78, 5) is 13.0. The summed E-state index contributed by atoms with van der Waals surface area (Å²) in [6, 6.07) is 4.12. The second-order valence-electron chi connectivity index (χ2n) is 5.20. The van der Waals surface area contributed by atoms with Gasteiger partial charge in [-0.2, -0.15) is 0 Å². The van der Waals surface area contributed by atoms with Gasteiger partial charge >= 0.3 is 0 Å². The van der Waals surface area contributed by atoms with Crippen LogP contribution >= 0.6 is 11.3 Å². The molecular weight excluding hydrogens is 296 g/mol. The SMILES string of the molecule is CNS(=O)(=O)CC(=O)NCC1(c2cccs2)CCCC1. The van der Waals surface area contributed by atoms with Crippen LogP contribution in [0.25, 0.3) is 0 Å². The van der Waals surface area contributed by atoms with E-state index in [2.05, 4.69) is 16.1 Å². The quantitative estimate of drug-likeness (QED) is 0.829. The smallest absolute Gasteiger partial charge is 0.236 e. The molecule has 2 N–H and O–H groups in total. The van der Waals surface area contributed by atoms with Crippen LogP contribution in [0.3, 0.4) is 0 Å². The standard InChI is InChI=1S/C13H20N2O3S2/c1-14-20(17,18)9-12(16)15-10-13(6-2-3-7-13)11-5-4-8-19-11/h4-5,8,14H,2-3,6-7,9-10H2,1H3,(H,15,16). The topological polar surface area (TPSA) is 75.3 Å². The molecule has 0 aromatic carbocycles. The second-order valence-corrected chi connectivity index (χ2v) is 8.08. The number of carbonyl (C=O) groups is 1. The fraction of sp³-hybridized carbons (Fsp3) is 0.615. The lowest BCUT2D eigenvalue weighted by Crippen LogP contribution is -2.42. The molecule has 1 aliphatic rings. The van der Waals surface area contributed by atoms with Crippen molar-refractivity contribution in [1.29, 1.82) is 0 Å². The number of hydrogen-bond donors (Lipinski definition) is 2. The van der Waals surface area contributed by atoms with Gasteiger partial charge in [-0.1, -0.05) is 18.9 Å². The Kier molecular flexibility index (Phi) is 4.82. The van der Waals surface area contributed by atoms with Gasteiger partial charge in [0.1, 0.15) is 5.75 Å². The first-order valence-corrected chi connectivity index (χ1v) is 9.23. The summed E-state index contributed by atoms with van der Waals surface area (Å²) in [5.41, 5.74) is -0.00671. The number of carbonyl (C=O) groups excluding carboxylic acids is 1. The highest BCUT2D eigenvalue weighted by molar-refractivity contribution is 7.90. The van der Waals surface area contributed by atoms with E-state index in [-0.39, 0.29) is 5.41 Å². The first-order chi connectivity index (χ1) is 9.47. The minimum atomic E-state index is -3.50. The summed E-state index contributed by atoms with van der Waals surface area (Å²) in [5.74, 6) is -0.952. The van der Waals surface area contributed by atoms with Gasteiger partial charge in [0.05, 0.1) is 0 Å². The molecule has 112 valence electrons. The number of sulfonamides is 1. The molecular formula is C13H20N2O3S2. The minimum absolute atomic E-state index is 0.00671. The summed E-state index contributed by atoms with van der Waals surface area (Å²) in [7, 11) is -2.19. The fourth-order valence-corrected chi connectivity index (χ4v) is 4.28. The zero-order valence-electron chi connectivity index (χ0n) is 11.5. The second kappa shape index (κ2) is 6.24. The van der Waals surface area contributed by atoms with Crippen LogP contribution in [0, 0.1) is 0 Å². The summed E-state index contributed by atoms with van der Waals surface area (Å²) >= 11 is 1.71. The number of rotatable bonds is 6. The van der Waals surface area contributed by atoms with Crippen molar-refractivity contribution in [2.45, 2.75) is 31.1 Å². The van der Waals surface area contributed by atoms with Gasteiger partial charge < -0.3 is 5.32 Å². The normalized spacial score (nSPS) is 18.1. The van der Waals surface area contributed by atoms with E-state index < -0.39 is 21.7 Å². The average molecular weight is 316 g/mol. The molecule has 0 spiro atoms. The molecule has 0 radical (unpaired) electrons. The van der Waals surface area contributed by atoms with Crippen LogP contribution in [-0.2, 0) is 20.2 Å². The third-order valence-electron chi connectivity index (χ3n) is 3.86.